The van der Waals surface area contributed by atoms with E-state index in [9.17, 15) is 4.79 Å². The van der Waals surface area contributed by atoms with E-state index >= 15 is 0 Å². The number of anilines is 1. The van der Waals surface area contributed by atoms with E-state index < -0.39 is 0 Å². The lowest BCUT2D eigenvalue weighted by atomic mass is 9.93. The lowest BCUT2D eigenvalue weighted by Crippen LogP contribution is -2.54. The lowest BCUT2D eigenvalue weighted by Gasteiger charge is -2.31. The highest BCUT2D eigenvalue weighted by molar-refractivity contribution is 5.85. The van der Waals surface area contributed by atoms with Gasteiger partial charge in [0.05, 0.1) is 12.1 Å². The van der Waals surface area contributed by atoms with E-state index in [1.807, 2.05) is 32.0 Å². The average molecular weight is 350 g/mol. The molecule has 128 valence electrons. The lowest BCUT2D eigenvalue weighted by molar-refractivity contribution is -0.121. The van der Waals surface area contributed by atoms with Gasteiger partial charge in [0, 0.05) is 12.2 Å². The van der Waals surface area contributed by atoms with Gasteiger partial charge in [0.25, 0.3) is 0 Å². The normalized spacial score (nSPS) is 10.2. The van der Waals surface area contributed by atoms with Gasteiger partial charge in [-0.15, -0.1) is 24.8 Å². The average Bonchev–Trinajstić information content (AvgIpc) is 2.44. The highest BCUT2D eigenvalue weighted by Gasteiger charge is 2.25. The zero-order valence-corrected chi connectivity index (χ0v) is 15.5. The molecule has 0 aliphatic carbocycles. The Hall–Kier alpha value is -0.970. The molecule has 6 heteroatoms. The first-order chi connectivity index (χ1) is 9.48. The summed E-state index contributed by atoms with van der Waals surface area (Å²) in [5.74, 6) is -0.0122. The molecule has 0 saturated carbocycles. The molecule has 1 aromatic carbocycles. The number of para-hydroxylation sites is 1. The monoisotopic (exact) mass is 349 g/mol. The number of carbonyl (C=O) groups excluding carboxylic acids is 1. The Morgan fingerprint density at radius 1 is 1.14 bits per heavy atom. The van der Waals surface area contributed by atoms with E-state index in [0.717, 1.165) is 29.7 Å². The van der Waals surface area contributed by atoms with Crippen molar-refractivity contribution in [1.29, 1.82) is 0 Å². The summed E-state index contributed by atoms with van der Waals surface area (Å²) in [6.45, 7) is 8.92. The van der Waals surface area contributed by atoms with Gasteiger partial charge in [-0.1, -0.05) is 32.0 Å². The van der Waals surface area contributed by atoms with Crippen LogP contribution in [-0.4, -0.2) is 24.5 Å². The molecule has 22 heavy (non-hydrogen) atoms. The van der Waals surface area contributed by atoms with Crippen molar-refractivity contribution in [3.63, 3.8) is 0 Å². The number of carbonyl (C=O) groups is 1. The zero-order valence-electron chi connectivity index (χ0n) is 13.9. The molecule has 4 nitrogen and oxygen atoms in total. The van der Waals surface area contributed by atoms with Gasteiger partial charge in [0.15, 0.2) is 0 Å². The van der Waals surface area contributed by atoms with Crippen molar-refractivity contribution in [1.82, 2.24) is 5.32 Å². The third-order valence-corrected chi connectivity index (χ3v) is 4.06. The van der Waals surface area contributed by atoms with Gasteiger partial charge >= 0.3 is 0 Å². The Labute approximate surface area is 146 Å². The van der Waals surface area contributed by atoms with Crippen LogP contribution in [0.15, 0.2) is 18.2 Å². The quantitative estimate of drug-likeness (QED) is 0.707. The van der Waals surface area contributed by atoms with Crippen LogP contribution >= 0.6 is 24.8 Å². The fourth-order valence-corrected chi connectivity index (χ4v) is 2.37. The number of halogens is 2. The van der Waals surface area contributed by atoms with Crippen LogP contribution in [0.2, 0.25) is 0 Å². The van der Waals surface area contributed by atoms with Gasteiger partial charge in [-0.05, 0) is 37.8 Å². The summed E-state index contributed by atoms with van der Waals surface area (Å²) in [6, 6.07) is 6.09. The van der Waals surface area contributed by atoms with Gasteiger partial charge in [0.1, 0.15) is 0 Å². The fraction of sp³-hybridized carbons (Fsp3) is 0.562. The minimum Gasteiger partial charge on any atom is -0.376 e. The van der Waals surface area contributed by atoms with E-state index in [4.69, 9.17) is 5.73 Å². The van der Waals surface area contributed by atoms with Crippen LogP contribution in [0.5, 0.6) is 0 Å². The Balaban J connectivity index is 0. The SMILES string of the molecule is CCC(CC)(CN)NC(=O)CNc1c(C)cccc1C.Cl.Cl. The maximum absolute atomic E-state index is 12.1. The molecule has 0 bridgehead atoms. The summed E-state index contributed by atoms with van der Waals surface area (Å²) in [7, 11) is 0. The van der Waals surface area contributed by atoms with Crippen LogP contribution in [0.1, 0.15) is 37.8 Å². The van der Waals surface area contributed by atoms with Crippen molar-refractivity contribution in [2.24, 2.45) is 5.73 Å². The van der Waals surface area contributed by atoms with E-state index in [1.165, 1.54) is 0 Å². The van der Waals surface area contributed by atoms with Crippen LogP contribution in [0.25, 0.3) is 0 Å². The number of rotatable bonds is 7. The summed E-state index contributed by atoms with van der Waals surface area (Å²) in [5, 5.41) is 6.29. The number of hydrogen-bond donors (Lipinski definition) is 3. The van der Waals surface area contributed by atoms with E-state index in [0.29, 0.717) is 6.54 Å². The third-order valence-electron chi connectivity index (χ3n) is 4.06. The molecular weight excluding hydrogens is 321 g/mol. The fourth-order valence-electron chi connectivity index (χ4n) is 2.37. The smallest absolute Gasteiger partial charge is 0.239 e. The number of nitrogens with two attached hydrogens (primary N) is 1. The number of nitrogens with one attached hydrogen (secondary N) is 2. The number of aryl methyl sites for hydroxylation is 2. The van der Waals surface area contributed by atoms with Gasteiger partial charge < -0.3 is 16.4 Å². The first kappa shape index (κ1) is 23.3. The van der Waals surface area contributed by atoms with E-state index in [-0.39, 0.29) is 42.8 Å². The standard InChI is InChI=1S/C16H27N3O.2ClH/c1-5-16(6-2,11-17)19-14(20)10-18-15-12(3)8-7-9-13(15)4;;/h7-9,18H,5-6,10-11,17H2,1-4H3,(H,19,20);2*1H. The Morgan fingerprint density at radius 2 is 1.64 bits per heavy atom. The minimum absolute atomic E-state index is 0. The largest absolute Gasteiger partial charge is 0.376 e. The topological polar surface area (TPSA) is 67.1 Å². The molecule has 0 spiro atoms. The summed E-state index contributed by atoms with van der Waals surface area (Å²) in [6.07, 6.45) is 1.68. The molecule has 0 heterocycles. The molecule has 0 atom stereocenters. The maximum Gasteiger partial charge on any atom is 0.239 e. The van der Waals surface area contributed by atoms with Crippen molar-refractivity contribution < 1.29 is 4.79 Å². The Bertz CT molecular complexity index is 434. The van der Waals surface area contributed by atoms with Crippen molar-refractivity contribution in [2.45, 2.75) is 46.1 Å². The second kappa shape index (κ2) is 10.7. The molecule has 4 N–H and O–H groups in total. The van der Waals surface area contributed by atoms with Crippen molar-refractivity contribution in [3.8, 4) is 0 Å². The van der Waals surface area contributed by atoms with Crippen molar-refractivity contribution in [3.05, 3.63) is 29.3 Å². The Morgan fingerprint density at radius 3 is 2.05 bits per heavy atom. The van der Waals surface area contributed by atoms with Gasteiger partial charge in [-0.25, -0.2) is 0 Å². The molecule has 1 rings (SSSR count). The molecular formula is C16H29Cl2N3O. The number of benzene rings is 1. The van der Waals surface area contributed by atoms with Crippen LogP contribution in [-0.2, 0) is 4.79 Å². The first-order valence-electron chi connectivity index (χ1n) is 7.29. The second-order valence-electron chi connectivity index (χ2n) is 5.36. The third kappa shape index (κ3) is 6.03. The highest BCUT2D eigenvalue weighted by atomic mass is 35.5. The Kier molecular flexibility index (Phi) is 11.3. The van der Waals surface area contributed by atoms with E-state index in [1.54, 1.807) is 0 Å². The molecule has 0 fully saturated rings. The second-order valence-corrected chi connectivity index (χ2v) is 5.36. The molecule has 1 aromatic rings. The van der Waals surface area contributed by atoms with Crippen molar-refractivity contribution in [2.75, 3.05) is 18.4 Å². The number of amides is 1. The predicted molar refractivity (Wildman–Crippen MR) is 99.4 cm³/mol. The van der Waals surface area contributed by atoms with Crippen LogP contribution in [0.3, 0.4) is 0 Å². The van der Waals surface area contributed by atoms with Gasteiger partial charge in [-0.3, -0.25) is 4.79 Å². The van der Waals surface area contributed by atoms with Gasteiger partial charge in [0.2, 0.25) is 5.91 Å². The maximum atomic E-state index is 12.1. The molecule has 0 aliphatic heterocycles. The van der Waals surface area contributed by atoms with Crippen LogP contribution < -0.4 is 16.4 Å². The molecule has 0 radical (unpaired) electrons. The molecule has 0 aliphatic rings. The summed E-state index contributed by atoms with van der Waals surface area (Å²) >= 11 is 0. The van der Waals surface area contributed by atoms with Crippen molar-refractivity contribution >= 4 is 36.4 Å². The van der Waals surface area contributed by atoms with Crippen LogP contribution in [0.4, 0.5) is 5.69 Å². The van der Waals surface area contributed by atoms with E-state index in [2.05, 4.69) is 24.5 Å². The predicted octanol–water partition coefficient (Wildman–Crippen LogP) is 3.19. The van der Waals surface area contributed by atoms with Gasteiger partial charge in [-0.2, -0.15) is 0 Å². The highest BCUT2D eigenvalue weighted by Crippen LogP contribution is 2.19. The molecule has 1 amide bonds. The first-order valence-corrected chi connectivity index (χ1v) is 7.29. The molecule has 0 unspecified atom stereocenters. The molecule has 0 saturated heterocycles. The number of hydrogen-bond acceptors (Lipinski definition) is 3. The molecule has 0 aromatic heterocycles. The summed E-state index contributed by atoms with van der Waals surface area (Å²) in [4.78, 5) is 12.1. The summed E-state index contributed by atoms with van der Waals surface area (Å²) < 4.78 is 0. The van der Waals surface area contributed by atoms with Crippen LogP contribution in [0, 0.1) is 13.8 Å². The zero-order chi connectivity index (χ0) is 15.2. The minimum atomic E-state index is -0.278. The summed E-state index contributed by atoms with van der Waals surface area (Å²) in [5.41, 5.74) is 8.85.